The molecule has 9 heteroatoms. The van der Waals surface area contributed by atoms with E-state index in [-0.39, 0.29) is 24.0 Å². The quantitative estimate of drug-likeness (QED) is 0.130. The first-order valence-electron chi connectivity index (χ1n) is 17.9. The van der Waals surface area contributed by atoms with E-state index in [1.807, 2.05) is 114 Å². The molecule has 0 aliphatic heterocycles. The topological polar surface area (TPSA) is 40.8 Å². The lowest BCUT2D eigenvalue weighted by Gasteiger charge is -2.13. The second-order valence-corrected chi connectivity index (χ2v) is 13.3. The van der Waals surface area contributed by atoms with Crippen molar-refractivity contribution in [3.63, 3.8) is 0 Å². The number of halogens is 3. The van der Waals surface area contributed by atoms with Crippen LogP contribution in [0.15, 0.2) is 152 Å². The normalized spacial score (nSPS) is 12.7. The van der Waals surface area contributed by atoms with Gasteiger partial charge in [0.2, 0.25) is 6.33 Å². The lowest BCUT2D eigenvalue weighted by molar-refractivity contribution is -0.645. The molecule has 0 bridgehead atoms. The minimum Gasteiger partial charge on any atom is -1.00 e. The minimum absolute atomic E-state index is 0. The van der Waals surface area contributed by atoms with E-state index in [0.29, 0.717) is 32.7 Å². The molecule has 0 aliphatic carbocycles. The standard InChI is InChI=1S/C43H28Cl2N5O.HI/c1-47-26-48(39-19-7-6-18-38(39)47)27-10-8-11-28(22-27)51-29-20-21-32-30-12-2-4-16-36(30)49(40(32)23-29)42-24-41-33(25-46-42)31-13-3-5-17-37(31)50(41)43-34(44)14-9-15-35(43)45;/h2-26H,1H3;1H/q+1;/p-1/i1D3;. The van der Waals surface area contributed by atoms with E-state index >= 15 is 0 Å². The van der Waals surface area contributed by atoms with Gasteiger partial charge in [-0.2, -0.15) is 4.57 Å². The van der Waals surface area contributed by atoms with E-state index in [0.717, 1.165) is 60.6 Å². The third-order valence-corrected chi connectivity index (χ3v) is 10.2. The van der Waals surface area contributed by atoms with Crippen molar-refractivity contribution in [1.29, 1.82) is 0 Å². The first-order chi connectivity index (χ1) is 26.2. The van der Waals surface area contributed by atoms with Crippen LogP contribution >= 0.6 is 23.2 Å². The molecular weight excluding hydrogens is 800 g/mol. The summed E-state index contributed by atoms with van der Waals surface area (Å²) in [6.45, 7) is -2.33. The zero-order chi connectivity index (χ0) is 36.7. The Morgan fingerprint density at radius 2 is 1.23 bits per heavy atom. The number of aryl methyl sites for hydroxylation is 1. The lowest BCUT2D eigenvalue weighted by Crippen LogP contribution is -3.00. The Bertz CT molecular complexity index is 3110. The van der Waals surface area contributed by atoms with Gasteiger partial charge in [0.1, 0.15) is 23.0 Å². The fourth-order valence-corrected chi connectivity index (χ4v) is 7.90. The maximum absolute atomic E-state index is 8.08. The SMILES string of the molecule is [2H]C([2H])([2H])[n+]1cn(-c2cccc(Oc3ccc4c5ccccc5n(-c5cc6c(cn5)c5ccccc5n6-c5c(Cl)cccc5Cl)c4c3)c2)c2ccccc21.[I-]. The Balaban J connectivity index is 0.00000397. The first kappa shape index (κ1) is 29.3. The summed E-state index contributed by atoms with van der Waals surface area (Å²) < 4.78 is 38.2. The number of imidazole rings is 1. The maximum atomic E-state index is 8.08. The number of ether oxygens (including phenoxy) is 1. The van der Waals surface area contributed by atoms with Gasteiger partial charge in [-0.1, -0.05) is 83.9 Å². The molecule has 0 spiro atoms. The molecular formula is C43H28Cl2IN5O. The largest absolute Gasteiger partial charge is 1.00 e. The Hall–Kier alpha value is -5.35. The highest BCUT2D eigenvalue weighted by atomic mass is 127. The molecule has 4 heterocycles. The van der Waals surface area contributed by atoms with E-state index in [1.54, 1.807) is 6.33 Å². The van der Waals surface area contributed by atoms with Gasteiger partial charge < -0.3 is 33.3 Å². The third-order valence-electron chi connectivity index (χ3n) is 9.54. The van der Waals surface area contributed by atoms with Crippen LogP contribution in [-0.4, -0.2) is 18.7 Å². The highest BCUT2D eigenvalue weighted by Gasteiger charge is 2.20. The molecule has 10 rings (SSSR count). The van der Waals surface area contributed by atoms with Gasteiger partial charge in [-0.25, -0.2) is 9.55 Å². The summed E-state index contributed by atoms with van der Waals surface area (Å²) in [6, 6.07) is 45.3. The fraction of sp³-hybridized carbons (Fsp3) is 0.0233. The number of para-hydroxylation sites is 5. The molecule has 0 unspecified atom stereocenters. The van der Waals surface area contributed by atoms with E-state index in [9.17, 15) is 0 Å². The predicted molar refractivity (Wildman–Crippen MR) is 207 cm³/mol. The molecule has 6 aromatic carbocycles. The summed E-state index contributed by atoms with van der Waals surface area (Å²) in [5.41, 5.74) is 6.69. The van der Waals surface area contributed by atoms with Crippen molar-refractivity contribution >= 4 is 77.8 Å². The van der Waals surface area contributed by atoms with Crippen LogP contribution in [0.1, 0.15) is 4.11 Å². The molecule has 52 heavy (non-hydrogen) atoms. The van der Waals surface area contributed by atoms with Crippen molar-refractivity contribution < 1.29 is 37.4 Å². The number of benzene rings is 6. The summed E-state index contributed by atoms with van der Waals surface area (Å²) in [4.78, 5) is 5.05. The van der Waals surface area contributed by atoms with Crippen LogP contribution in [0.2, 0.25) is 10.0 Å². The molecule has 4 aromatic heterocycles. The molecule has 0 aliphatic rings. The van der Waals surface area contributed by atoms with Gasteiger partial charge in [-0.15, -0.1) is 0 Å². The van der Waals surface area contributed by atoms with Crippen molar-refractivity contribution in [2.75, 3.05) is 0 Å². The van der Waals surface area contributed by atoms with Crippen LogP contribution in [0.3, 0.4) is 0 Å². The third kappa shape index (κ3) is 5.06. The van der Waals surface area contributed by atoms with Crippen molar-refractivity contribution in [3.8, 4) is 28.7 Å². The van der Waals surface area contributed by atoms with Gasteiger partial charge in [-0.05, 0) is 60.7 Å². The van der Waals surface area contributed by atoms with Gasteiger partial charge in [-0.3, -0.25) is 4.57 Å². The summed E-state index contributed by atoms with van der Waals surface area (Å²) >= 11 is 13.7. The molecule has 252 valence electrons. The summed E-state index contributed by atoms with van der Waals surface area (Å²) in [7, 11) is 0. The summed E-state index contributed by atoms with van der Waals surface area (Å²) in [5, 5.41) is 5.26. The highest BCUT2D eigenvalue weighted by Crippen LogP contribution is 2.40. The minimum atomic E-state index is -2.33. The average molecular weight is 832 g/mol. The van der Waals surface area contributed by atoms with Crippen molar-refractivity contribution in [2.24, 2.45) is 6.98 Å². The van der Waals surface area contributed by atoms with Crippen LogP contribution in [0, 0.1) is 0 Å². The molecule has 0 saturated carbocycles. The van der Waals surface area contributed by atoms with Crippen LogP contribution in [0.5, 0.6) is 11.5 Å². The van der Waals surface area contributed by atoms with Crippen molar-refractivity contribution in [2.45, 2.75) is 0 Å². The van der Waals surface area contributed by atoms with Gasteiger partial charge >= 0.3 is 0 Å². The van der Waals surface area contributed by atoms with Crippen LogP contribution in [-0.2, 0) is 6.98 Å². The van der Waals surface area contributed by atoms with Gasteiger partial charge in [0, 0.05) is 45.9 Å². The average Bonchev–Trinajstić information content (AvgIpc) is 3.83. The summed E-state index contributed by atoms with van der Waals surface area (Å²) in [6.07, 6.45) is 3.53. The number of hydrogen-bond acceptors (Lipinski definition) is 2. The van der Waals surface area contributed by atoms with E-state index < -0.39 is 6.98 Å². The zero-order valence-corrected chi connectivity index (χ0v) is 30.9. The Kier molecular flexibility index (Phi) is 7.14. The Morgan fingerprint density at radius 1 is 0.596 bits per heavy atom. The van der Waals surface area contributed by atoms with Crippen LogP contribution in [0.4, 0.5) is 0 Å². The number of fused-ring (bicyclic) bond motifs is 7. The van der Waals surface area contributed by atoms with E-state index in [4.69, 9.17) is 37.0 Å². The van der Waals surface area contributed by atoms with Gasteiger partial charge in [0.05, 0.1) is 48.9 Å². The highest BCUT2D eigenvalue weighted by molar-refractivity contribution is 6.38. The number of rotatable bonds is 5. The first-order valence-corrected chi connectivity index (χ1v) is 17.2. The number of aromatic nitrogens is 5. The second kappa shape index (κ2) is 12.7. The zero-order valence-electron chi connectivity index (χ0n) is 30.2. The number of pyridine rings is 1. The Morgan fingerprint density at radius 3 is 2.02 bits per heavy atom. The molecule has 10 aromatic rings. The fourth-order valence-electron chi connectivity index (χ4n) is 7.33. The monoisotopic (exact) mass is 830 g/mol. The maximum Gasteiger partial charge on any atom is 0.249 e. The molecule has 0 radical (unpaired) electrons. The van der Waals surface area contributed by atoms with E-state index in [1.165, 1.54) is 4.57 Å². The van der Waals surface area contributed by atoms with E-state index in [2.05, 4.69) is 45.5 Å². The summed E-state index contributed by atoms with van der Waals surface area (Å²) in [5.74, 6) is 1.96. The molecule has 0 N–H and O–H groups in total. The van der Waals surface area contributed by atoms with Crippen LogP contribution < -0.4 is 33.3 Å². The van der Waals surface area contributed by atoms with Crippen molar-refractivity contribution in [3.05, 3.63) is 162 Å². The van der Waals surface area contributed by atoms with Gasteiger partial charge in [0.25, 0.3) is 0 Å². The predicted octanol–water partition coefficient (Wildman–Crippen LogP) is 8.15. The van der Waals surface area contributed by atoms with Gasteiger partial charge in [0.15, 0.2) is 11.0 Å². The number of hydrogen-bond donors (Lipinski definition) is 0. The molecule has 0 fully saturated rings. The molecule has 0 amide bonds. The molecule has 0 atom stereocenters. The lowest BCUT2D eigenvalue weighted by atomic mass is 10.1. The van der Waals surface area contributed by atoms with Crippen LogP contribution in [0.25, 0.3) is 71.8 Å². The smallest absolute Gasteiger partial charge is 0.249 e. The van der Waals surface area contributed by atoms with Crippen molar-refractivity contribution in [1.82, 2.24) is 18.7 Å². The Labute approximate surface area is 329 Å². The molecule has 0 saturated heterocycles. The number of nitrogens with zero attached hydrogens (tertiary/aromatic N) is 5. The molecule has 6 nitrogen and oxygen atoms in total. The second-order valence-electron chi connectivity index (χ2n) is 12.5.